The summed E-state index contributed by atoms with van der Waals surface area (Å²) in [5.41, 5.74) is -0.841. The van der Waals surface area contributed by atoms with Crippen LogP contribution in [-0.4, -0.2) is 20.7 Å². The monoisotopic (exact) mass is 340 g/mol. The number of amides is 1. The molecule has 1 aromatic heterocycles. The zero-order valence-electron chi connectivity index (χ0n) is 13.5. The Bertz CT molecular complexity index is 697. The highest BCUT2D eigenvalue weighted by Gasteiger charge is 2.33. The van der Waals surface area contributed by atoms with Crippen LogP contribution in [0, 0.1) is 0 Å². The molecule has 8 heteroatoms. The Morgan fingerprint density at radius 3 is 2.71 bits per heavy atom. The van der Waals surface area contributed by atoms with Gasteiger partial charge in [-0.2, -0.15) is 18.3 Å². The number of aromatic nitrogens is 3. The van der Waals surface area contributed by atoms with Gasteiger partial charge in [0.05, 0.1) is 18.0 Å². The number of halogens is 3. The van der Waals surface area contributed by atoms with Crippen molar-refractivity contribution in [1.82, 2.24) is 20.1 Å². The smallest absolute Gasteiger partial charge is 0.346 e. The van der Waals surface area contributed by atoms with Gasteiger partial charge in [-0.1, -0.05) is 25.1 Å². The van der Waals surface area contributed by atoms with Gasteiger partial charge in [0.1, 0.15) is 12.2 Å². The van der Waals surface area contributed by atoms with Crippen LogP contribution in [0.1, 0.15) is 43.3 Å². The van der Waals surface area contributed by atoms with Crippen LogP contribution in [0.4, 0.5) is 13.2 Å². The van der Waals surface area contributed by atoms with Crippen LogP contribution in [0.2, 0.25) is 0 Å². The molecule has 0 saturated carbocycles. The third-order valence-electron chi connectivity index (χ3n) is 3.52. The fourth-order valence-electron chi connectivity index (χ4n) is 2.47. The van der Waals surface area contributed by atoms with E-state index in [1.807, 2.05) is 6.92 Å². The number of hydrogen-bond donors (Lipinski definition) is 1. The molecule has 0 bridgehead atoms. The first-order chi connectivity index (χ1) is 11.3. The van der Waals surface area contributed by atoms with E-state index in [4.69, 9.17) is 0 Å². The first-order valence-electron chi connectivity index (χ1n) is 7.65. The van der Waals surface area contributed by atoms with Crippen LogP contribution < -0.4 is 5.32 Å². The molecule has 0 aliphatic rings. The van der Waals surface area contributed by atoms with Crippen molar-refractivity contribution in [1.29, 1.82) is 0 Å². The number of carbonyl (C=O) groups is 1. The summed E-state index contributed by atoms with van der Waals surface area (Å²) in [7, 11) is 0. The summed E-state index contributed by atoms with van der Waals surface area (Å²) in [4.78, 5) is 16.2. The molecular weight excluding hydrogens is 321 g/mol. The van der Waals surface area contributed by atoms with Crippen LogP contribution in [0.3, 0.4) is 0 Å². The SMILES string of the molecule is CCCn1ncnc1C(C)NC(=O)Cc1ccccc1C(F)(F)F. The van der Waals surface area contributed by atoms with E-state index in [0.717, 1.165) is 12.5 Å². The maximum atomic E-state index is 13.0. The van der Waals surface area contributed by atoms with E-state index in [1.54, 1.807) is 11.6 Å². The molecule has 1 atom stereocenters. The Morgan fingerprint density at radius 2 is 2.04 bits per heavy atom. The minimum absolute atomic E-state index is 0.0512. The number of carbonyl (C=O) groups excluding carboxylic acids is 1. The Kier molecular flexibility index (Phi) is 5.58. The highest BCUT2D eigenvalue weighted by Crippen LogP contribution is 2.32. The van der Waals surface area contributed by atoms with Gasteiger partial charge in [0.2, 0.25) is 5.91 Å². The Morgan fingerprint density at radius 1 is 1.33 bits per heavy atom. The summed E-state index contributed by atoms with van der Waals surface area (Å²) < 4.78 is 40.6. The average Bonchev–Trinajstić information content (AvgIpc) is 2.95. The zero-order valence-corrected chi connectivity index (χ0v) is 13.5. The average molecular weight is 340 g/mol. The van der Waals surface area contributed by atoms with Crippen molar-refractivity contribution in [3.63, 3.8) is 0 Å². The summed E-state index contributed by atoms with van der Waals surface area (Å²) >= 11 is 0. The first kappa shape index (κ1) is 18.0. The highest BCUT2D eigenvalue weighted by atomic mass is 19.4. The Labute approximate surface area is 137 Å². The van der Waals surface area contributed by atoms with E-state index in [-0.39, 0.29) is 12.0 Å². The highest BCUT2D eigenvalue weighted by molar-refractivity contribution is 5.79. The van der Waals surface area contributed by atoms with E-state index in [2.05, 4.69) is 15.4 Å². The van der Waals surface area contributed by atoms with Gasteiger partial charge in [0, 0.05) is 6.54 Å². The van der Waals surface area contributed by atoms with Crippen molar-refractivity contribution < 1.29 is 18.0 Å². The summed E-state index contributed by atoms with van der Waals surface area (Å²) in [6, 6.07) is 4.64. The molecule has 0 aliphatic heterocycles. The molecule has 0 aliphatic carbocycles. The molecule has 0 radical (unpaired) electrons. The second kappa shape index (κ2) is 7.46. The maximum Gasteiger partial charge on any atom is 0.416 e. The van der Waals surface area contributed by atoms with Gasteiger partial charge in [0.15, 0.2) is 0 Å². The van der Waals surface area contributed by atoms with Gasteiger partial charge >= 0.3 is 6.18 Å². The first-order valence-corrected chi connectivity index (χ1v) is 7.65. The Balaban J connectivity index is 2.07. The van der Waals surface area contributed by atoms with Crippen molar-refractivity contribution in [2.24, 2.45) is 0 Å². The van der Waals surface area contributed by atoms with Crippen LogP contribution in [0.25, 0.3) is 0 Å². The molecule has 1 unspecified atom stereocenters. The second-order valence-electron chi connectivity index (χ2n) is 5.46. The van der Waals surface area contributed by atoms with Gasteiger partial charge in [0.25, 0.3) is 0 Å². The molecule has 24 heavy (non-hydrogen) atoms. The Hall–Kier alpha value is -2.38. The van der Waals surface area contributed by atoms with Gasteiger partial charge < -0.3 is 5.32 Å². The molecule has 1 heterocycles. The van der Waals surface area contributed by atoms with Crippen molar-refractivity contribution in [3.8, 4) is 0 Å². The number of alkyl halides is 3. The largest absolute Gasteiger partial charge is 0.416 e. The van der Waals surface area contributed by atoms with E-state index in [9.17, 15) is 18.0 Å². The minimum atomic E-state index is -4.48. The lowest BCUT2D eigenvalue weighted by Gasteiger charge is -2.16. The normalized spacial score (nSPS) is 12.9. The number of aryl methyl sites for hydroxylation is 1. The molecule has 2 aromatic rings. The third kappa shape index (κ3) is 4.33. The van der Waals surface area contributed by atoms with Gasteiger partial charge in [-0.25, -0.2) is 9.67 Å². The summed E-state index contributed by atoms with van der Waals surface area (Å²) in [6.07, 6.45) is -2.58. The second-order valence-corrected chi connectivity index (χ2v) is 5.46. The van der Waals surface area contributed by atoms with E-state index in [1.165, 1.54) is 24.5 Å². The van der Waals surface area contributed by atoms with Crippen LogP contribution in [-0.2, 0) is 23.9 Å². The molecule has 0 saturated heterocycles. The van der Waals surface area contributed by atoms with Gasteiger partial charge in [-0.3, -0.25) is 4.79 Å². The lowest BCUT2D eigenvalue weighted by atomic mass is 10.0. The predicted octanol–water partition coefficient (Wildman–Crippen LogP) is 3.13. The molecule has 130 valence electrons. The summed E-state index contributed by atoms with van der Waals surface area (Å²) in [5.74, 6) is 0.0829. The number of nitrogens with one attached hydrogen (secondary N) is 1. The lowest BCUT2D eigenvalue weighted by Crippen LogP contribution is -2.30. The molecule has 1 N–H and O–H groups in total. The molecular formula is C16H19F3N4O. The van der Waals surface area contributed by atoms with Crippen molar-refractivity contribution in [3.05, 3.63) is 47.5 Å². The van der Waals surface area contributed by atoms with Crippen molar-refractivity contribution in [2.45, 2.75) is 45.5 Å². The van der Waals surface area contributed by atoms with Gasteiger partial charge in [-0.05, 0) is 25.0 Å². The third-order valence-corrected chi connectivity index (χ3v) is 3.52. The predicted molar refractivity (Wildman–Crippen MR) is 82.0 cm³/mol. The van der Waals surface area contributed by atoms with Gasteiger partial charge in [-0.15, -0.1) is 0 Å². The van der Waals surface area contributed by atoms with Crippen molar-refractivity contribution >= 4 is 5.91 Å². The van der Waals surface area contributed by atoms with Crippen LogP contribution >= 0.6 is 0 Å². The number of hydrogen-bond acceptors (Lipinski definition) is 3. The topological polar surface area (TPSA) is 59.8 Å². The molecule has 0 spiro atoms. The number of rotatable bonds is 6. The fourth-order valence-corrected chi connectivity index (χ4v) is 2.47. The fraction of sp³-hybridized carbons (Fsp3) is 0.438. The molecule has 1 aromatic carbocycles. The van der Waals surface area contributed by atoms with E-state index >= 15 is 0 Å². The summed E-state index contributed by atoms with van der Waals surface area (Å²) in [5, 5.41) is 6.75. The number of benzene rings is 1. The quantitative estimate of drug-likeness (QED) is 0.879. The molecule has 2 rings (SSSR count). The standard InChI is InChI=1S/C16H19F3N4O/c1-3-8-23-15(20-10-21-23)11(2)22-14(24)9-12-6-4-5-7-13(12)16(17,18)19/h4-7,10-11H,3,8-9H2,1-2H3,(H,22,24). The van der Waals surface area contributed by atoms with Crippen LogP contribution in [0.15, 0.2) is 30.6 Å². The minimum Gasteiger partial charge on any atom is -0.346 e. The maximum absolute atomic E-state index is 13.0. The van der Waals surface area contributed by atoms with E-state index in [0.29, 0.717) is 12.4 Å². The summed E-state index contributed by atoms with van der Waals surface area (Å²) in [6.45, 7) is 4.37. The lowest BCUT2D eigenvalue weighted by molar-refractivity contribution is -0.138. The molecule has 0 fully saturated rings. The van der Waals surface area contributed by atoms with Crippen LogP contribution in [0.5, 0.6) is 0 Å². The zero-order chi connectivity index (χ0) is 17.7. The van der Waals surface area contributed by atoms with Crippen molar-refractivity contribution in [2.75, 3.05) is 0 Å². The number of nitrogens with zero attached hydrogens (tertiary/aromatic N) is 3. The molecule has 1 amide bonds. The van der Waals surface area contributed by atoms with E-state index < -0.39 is 23.7 Å². The molecule has 5 nitrogen and oxygen atoms in total.